The predicted molar refractivity (Wildman–Crippen MR) is 87.4 cm³/mol. The van der Waals surface area contributed by atoms with E-state index < -0.39 is 0 Å². The van der Waals surface area contributed by atoms with Crippen LogP contribution in [-0.2, 0) is 18.8 Å². The van der Waals surface area contributed by atoms with Crippen molar-refractivity contribution < 1.29 is 0 Å². The maximum atomic E-state index is 4.80. The summed E-state index contributed by atoms with van der Waals surface area (Å²) < 4.78 is 0. The van der Waals surface area contributed by atoms with E-state index in [-0.39, 0.29) is 0 Å². The lowest BCUT2D eigenvalue weighted by Gasteiger charge is -2.12. The van der Waals surface area contributed by atoms with E-state index in [1.807, 2.05) is 0 Å². The summed E-state index contributed by atoms with van der Waals surface area (Å²) in [5.74, 6) is 2.23. The van der Waals surface area contributed by atoms with Gasteiger partial charge in [-0.15, -0.1) is 11.8 Å². The Morgan fingerprint density at radius 2 is 1.90 bits per heavy atom. The van der Waals surface area contributed by atoms with E-state index in [9.17, 15) is 0 Å². The molecule has 2 aromatic rings. The molecule has 0 atom stereocenters. The highest BCUT2D eigenvalue weighted by Crippen LogP contribution is 2.26. The molecule has 1 aliphatic heterocycles. The average molecular weight is 299 g/mol. The lowest BCUT2D eigenvalue weighted by Crippen LogP contribution is -2.06. The molecule has 0 saturated heterocycles. The zero-order valence-electron chi connectivity index (χ0n) is 12.8. The van der Waals surface area contributed by atoms with Crippen LogP contribution >= 0.6 is 11.8 Å². The topological polar surface area (TPSA) is 37.8 Å². The molecule has 0 radical (unpaired) electrons. The summed E-state index contributed by atoms with van der Waals surface area (Å²) in [5.41, 5.74) is 5.01. The fourth-order valence-corrected chi connectivity index (χ4v) is 3.33. The Balaban J connectivity index is 1.79. The lowest BCUT2D eigenvalue weighted by atomic mass is 10.0. The summed E-state index contributed by atoms with van der Waals surface area (Å²) in [7, 11) is 0. The van der Waals surface area contributed by atoms with Crippen LogP contribution in [0.3, 0.4) is 0 Å². The number of aromatic nitrogens is 2. The highest BCUT2D eigenvalue weighted by molar-refractivity contribution is 7.98. The van der Waals surface area contributed by atoms with Crippen LogP contribution in [0.4, 0.5) is 0 Å². The third-order valence-electron chi connectivity index (χ3n) is 3.70. The van der Waals surface area contributed by atoms with E-state index in [0.717, 1.165) is 24.7 Å². The maximum Gasteiger partial charge on any atom is 0.139 e. The molecule has 1 aromatic heterocycles. The number of rotatable bonds is 4. The van der Waals surface area contributed by atoms with Gasteiger partial charge in [-0.3, -0.25) is 0 Å². The van der Waals surface area contributed by atoms with E-state index in [0.29, 0.717) is 5.92 Å². The van der Waals surface area contributed by atoms with Gasteiger partial charge >= 0.3 is 0 Å². The first-order valence-corrected chi connectivity index (χ1v) is 8.41. The third kappa shape index (κ3) is 3.27. The minimum atomic E-state index is 0.449. The monoisotopic (exact) mass is 299 g/mol. The Bertz CT molecular complexity index is 635. The van der Waals surface area contributed by atoms with Crippen molar-refractivity contribution in [1.82, 2.24) is 15.3 Å². The fraction of sp³-hybridized carbons (Fsp3) is 0.412. The molecular formula is C17H21N3S. The van der Waals surface area contributed by atoms with Crippen molar-refractivity contribution in [1.29, 1.82) is 0 Å². The fourth-order valence-electron chi connectivity index (χ4n) is 2.57. The second-order valence-electron chi connectivity index (χ2n) is 5.81. The van der Waals surface area contributed by atoms with Gasteiger partial charge in [-0.05, 0) is 25.0 Å². The maximum absolute atomic E-state index is 4.80. The van der Waals surface area contributed by atoms with Gasteiger partial charge in [-0.2, -0.15) is 0 Å². The van der Waals surface area contributed by atoms with Gasteiger partial charge in [0, 0.05) is 23.5 Å². The Morgan fingerprint density at radius 3 is 2.62 bits per heavy atom. The van der Waals surface area contributed by atoms with Gasteiger partial charge in [0.15, 0.2) is 0 Å². The Labute approximate surface area is 130 Å². The molecule has 1 aromatic carbocycles. The van der Waals surface area contributed by atoms with Crippen molar-refractivity contribution in [2.75, 3.05) is 0 Å². The molecule has 21 heavy (non-hydrogen) atoms. The van der Waals surface area contributed by atoms with Crippen LogP contribution in [0, 0.1) is 6.92 Å². The van der Waals surface area contributed by atoms with Gasteiger partial charge in [0.1, 0.15) is 5.82 Å². The summed E-state index contributed by atoms with van der Waals surface area (Å²) in [4.78, 5) is 10.8. The molecule has 0 bridgehead atoms. The Kier molecular flexibility index (Phi) is 4.27. The van der Waals surface area contributed by atoms with Crippen molar-refractivity contribution in [2.45, 2.75) is 50.4 Å². The molecule has 110 valence electrons. The molecule has 1 N–H and O–H groups in total. The van der Waals surface area contributed by atoms with Crippen LogP contribution in [0.15, 0.2) is 29.2 Å². The Morgan fingerprint density at radius 1 is 1.14 bits per heavy atom. The molecule has 3 nitrogen and oxygen atoms in total. The number of aryl methyl sites for hydroxylation is 1. The number of nitrogens with zero attached hydrogens (tertiary/aromatic N) is 2. The minimum Gasteiger partial charge on any atom is -0.307 e. The number of fused-ring (bicyclic) bond motifs is 1. The van der Waals surface area contributed by atoms with Gasteiger partial charge in [0.05, 0.1) is 17.1 Å². The van der Waals surface area contributed by atoms with Crippen molar-refractivity contribution in [3.8, 4) is 0 Å². The molecule has 0 spiro atoms. The second kappa shape index (κ2) is 6.16. The zero-order valence-corrected chi connectivity index (χ0v) is 13.6. The molecule has 0 saturated carbocycles. The van der Waals surface area contributed by atoms with Crippen molar-refractivity contribution in [2.24, 2.45) is 0 Å². The van der Waals surface area contributed by atoms with Crippen LogP contribution < -0.4 is 5.32 Å². The van der Waals surface area contributed by atoms with E-state index in [1.54, 1.807) is 11.8 Å². The van der Waals surface area contributed by atoms with Crippen molar-refractivity contribution in [3.63, 3.8) is 0 Å². The minimum absolute atomic E-state index is 0.449. The highest BCUT2D eigenvalue weighted by atomic mass is 32.2. The molecule has 0 aliphatic carbocycles. The quantitative estimate of drug-likeness (QED) is 0.871. The van der Waals surface area contributed by atoms with E-state index in [4.69, 9.17) is 9.97 Å². The second-order valence-corrected chi connectivity index (χ2v) is 6.86. The predicted octanol–water partition coefficient (Wildman–Crippen LogP) is 3.80. The summed E-state index contributed by atoms with van der Waals surface area (Å²) in [6.07, 6.45) is 0. The average Bonchev–Trinajstić information content (AvgIpc) is 2.94. The lowest BCUT2D eigenvalue weighted by molar-refractivity contribution is 0.746. The number of thioether (sulfide) groups is 1. The van der Waals surface area contributed by atoms with Crippen LogP contribution in [0.2, 0.25) is 0 Å². The van der Waals surface area contributed by atoms with Gasteiger partial charge in [-0.1, -0.05) is 31.5 Å². The van der Waals surface area contributed by atoms with Gasteiger partial charge < -0.3 is 5.32 Å². The van der Waals surface area contributed by atoms with E-state index in [1.165, 1.54) is 27.4 Å². The Hall–Kier alpha value is -1.39. The summed E-state index contributed by atoms with van der Waals surface area (Å²) >= 11 is 1.80. The normalized spacial score (nSPS) is 13.7. The molecule has 3 rings (SSSR count). The van der Waals surface area contributed by atoms with Crippen LogP contribution in [0.25, 0.3) is 0 Å². The molecular weight excluding hydrogens is 278 g/mol. The molecule has 1 aliphatic rings. The molecule has 0 amide bonds. The third-order valence-corrected chi connectivity index (χ3v) is 4.71. The standard InChI is InChI=1S/C17H21N3S/c1-11(2)17-14-8-18-9-15(14)19-16(20-17)10-21-13-6-4-12(3)5-7-13/h4-7,11,18H,8-10H2,1-3H3. The molecule has 0 unspecified atom stereocenters. The van der Waals surface area contributed by atoms with Crippen LogP contribution in [0.1, 0.15) is 48.1 Å². The van der Waals surface area contributed by atoms with Gasteiger partial charge in [0.25, 0.3) is 0 Å². The van der Waals surface area contributed by atoms with Crippen molar-refractivity contribution in [3.05, 3.63) is 52.6 Å². The van der Waals surface area contributed by atoms with E-state index >= 15 is 0 Å². The smallest absolute Gasteiger partial charge is 0.139 e. The first-order valence-electron chi connectivity index (χ1n) is 7.42. The number of benzene rings is 1. The number of hydrogen-bond acceptors (Lipinski definition) is 4. The number of hydrogen-bond donors (Lipinski definition) is 1. The van der Waals surface area contributed by atoms with Crippen LogP contribution in [-0.4, -0.2) is 9.97 Å². The zero-order chi connectivity index (χ0) is 14.8. The highest BCUT2D eigenvalue weighted by Gasteiger charge is 2.20. The van der Waals surface area contributed by atoms with Gasteiger partial charge in [0.2, 0.25) is 0 Å². The largest absolute Gasteiger partial charge is 0.307 e. The molecule has 4 heteroatoms. The first-order chi connectivity index (χ1) is 10.1. The van der Waals surface area contributed by atoms with E-state index in [2.05, 4.69) is 50.4 Å². The van der Waals surface area contributed by atoms with Crippen LogP contribution in [0.5, 0.6) is 0 Å². The van der Waals surface area contributed by atoms with Crippen molar-refractivity contribution >= 4 is 11.8 Å². The van der Waals surface area contributed by atoms with Gasteiger partial charge in [-0.25, -0.2) is 9.97 Å². The SMILES string of the molecule is Cc1ccc(SCc2nc3c(c(C(C)C)n2)CNC3)cc1. The molecule has 2 heterocycles. The summed E-state index contributed by atoms with van der Waals surface area (Å²) in [5, 5.41) is 3.38. The summed E-state index contributed by atoms with van der Waals surface area (Å²) in [6.45, 7) is 8.31. The number of nitrogens with one attached hydrogen (secondary N) is 1. The first kappa shape index (κ1) is 14.5. The summed E-state index contributed by atoms with van der Waals surface area (Å²) in [6, 6.07) is 8.63. The molecule has 0 fully saturated rings.